The molecule has 1 unspecified atom stereocenters. The topological polar surface area (TPSA) is 52.6 Å². The minimum absolute atomic E-state index is 0.129. The van der Waals surface area contributed by atoms with Crippen molar-refractivity contribution < 1.29 is 18.8 Å². The molecule has 0 radical (unpaired) electrons. The zero-order valence-electron chi connectivity index (χ0n) is 9.42. The van der Waals surface area contributed by atoms with Crippen molar-refractivity contribution in [2.24, 2.45) is 0 Å². The van der Waals surface area contributed by atoms with Crippen LogP contribution in [0.1, 0.15) is 20.3 Å². The molecule has 0 saturated heterocycles. The summed E-state index contributed by atoms with van der Waals surface area (Å²) in [6.07, 6.45) is -0.277. The lowest BCUT2D eigenvalue weighted by molar-refractivity contribution is -0.149. The summed E-state index contributed by atoms with van der Waals surface area (Å²) in [6, 6.07) is 0. The number of carbonyl (C=O) groups is 2. The van der Waals surface area contributed by atoms with E-state index in [1.54, 1.807) is 6.92 Å². The maximum Gasteiger partial charge on any atom is 0.302 e. The molecule has 0 spiro atoms. The molecule has 0 fully saturated rings. The maximum absolute atomic E-state index is 11.3. The van der Waals surface area contributed by atoms with Crippen molar-refractivity contribution in [1.29, 1.82) is 0 Å². The van der Waals surface area contributed by atoms with Crippen LogP contribution < -0.4 is 0 Å². The van der Waals surface area contributed by atoms with Gasteiger partial charge in [0.2, 0.25) is 8.32 Å². The van der Waals surface area contributed by atoms with E-state index in [4.69, 9.17) is 9.16 Å². The second-order valence-electron chi connectivity index (χ2n) is 4.21. The van der Waals surface area contributed by atoms with Crippen LogP contribution in [0.25, 0.3) is 0 Å². The zero-order valence-corrected chi connectivity index (χ0v) is 10.4. The fraction of sp³-hybridized carbons (Fsp3) is 0.778. The van der Waals surface area contributed by atoms with Crippen molar-refractivity contribution in [2.45, 2.75) is 46.0 Å². The van der Waals surface area contributed by atoms with Gasteiger partial charge in [-0.2, -0.15) is 0 Å². The predicted molar refractivity (Wildman–Crippen MR) is 55.3 cm³/mol. The van der Waals surface area contributed by atoms with Crippen molar-refractivity contribution in [3.8, 4) is 0 Å². The molecule has 0 saturated carbocycles. The highest BCUT2D eigenvalue weighted by molar-refractivity contribution is 6.71. The number of hydrogen-bond acceptors (Lipinski definition) is 4. The van der Waals surface area contributed by atoms with Gasteiger partial charge in [-0.15, -0.1) is 0 Å². The molecule has 0 aromatic carbocycles. The zero-order chi connectivity index (χ0) is 11.4. The molecule has 0 amide bonds. The van der Waals surface area contributed by atoms with Gasteiger partial charge >= 0.3 is 5.97 Å². The van der Waals surface area contributed by atoms with Crippen LogP contribution in [0.2, 0.25) is 19.6 Å². The predicted octanol–water partition coefficient (Wildman–Crippen LogP) is 1.71. The monoisotopic (exact) mass is 218 g/mol. The Morgan fingerprint density at radius 2 is 1.79 bits per heavy atom. The second-order valence-corrected chi connectivity index (χ2v) is 8.64. The quantitative estimate of drug-likeness (QED) is 0.532. The molecule has 14 heavy (non-hydrogen) atoms. The highest BCUT2D eigenvalue weighted by Gasteiger charge is 2.21. The molecule has 0 heterocycles. The highest BCUT2D eigenvalue weighted by atomic mass is 28.4. The van der Waals surface area contributed by atoms with Crippen LogP contribution in [-0.4, -0.2) is 26.4 Å². The molecule has 5 heteroatoms. The van der Waals surface area contributed by atoms with Gasteiger partial charge in [0.25, 0.3) is 5.97 Å². The fourth-order valence-electron chi connectivity index (χ4n) is 0.943. The van der Waals surface area contributed by atoms with Gasteiger partial charge < -0.3 is 9.16 Å². The van der Waals surface area contributed by atoms with Gasteiger partial charge in [-0.25, -0.2) is 0 Å². The minimum Gasteiger partial charge on any atom is -0.520 e. The van der Waals surface area contributed by atoms with E-state index in [-0.39, 0.29) is 18.4 Å². The van der Waals surface area contributed by atoms with Crippen LogP contribution in [0.5, 0.6) is 0 Å². The molecule has 0 aromatic rings. The number of rotatable bonds is 4. The Bertz CT molecular complexity index is 219. The van der Waals surface area contributed by atoms with Crippen LogP contribution in [0.3, 0.4) is 0 Å². The summed E-state index contributed by atoms with van der Waals surface area (Å²) in [5.74, 6) is -0.670. The third-order valence-corrected chi connectivity index (χ3v) is 2.08. The Balaban J connectivity index is 3.89. The van der Waals surface area contributed by atoms with Crippen LogP contribution >= 0.6 is 0 Å². The molecule has 0 aromatic heterocycles. The largest absolute Gasteiger partial charge is 0.520 e. The number of carbonyl (C=O) groups excluding carboxylic acids is 2. The van der Waals surface area contributed by atoms with E-state index in [1.807, 2.05) is 19.6 Å². The van der Waals surface area contributed by atoms with E-state index in [1.165, 1.54) is 6.92 Å². The molecule has 0 aliphatic heterocycles. The average Bonchev–Trinajstić information content (AvgIpc) is 1.77. The highest BCUT2D eigenvalue weighted by Crippen LogP contribution is 2.07. The standard InChI is InChI=1S/C9H18O4Si/c1-7(12-8(2)10)6-9(11)13-14(3,4)5/h7H,6H2,1-5H3. The number of hydrogen-bond donors (Lipinski definition) is 0. The molecule has 4 nitrogen and oxygen atoms in total. The van der Waals surface area contributed by atoms with E-state index in [0.29, 0.717) is 0 Å². The van der Waals surface area contributed by atoms with Crippen LogP contribution in [-0.2, 0) is 18.8 Å². The summed E-state index contributed by atoms with van der Waals surface area (Å²) in [7, 11) is -1.82. The Kier molecular flexibility index (Phi) is 4.83. The summed E-state index contributed by atoms with van der Waals surface area (Å²) in [4.78, 5) is 21.8. The average molecular weight is 218 g/mol. The molecule has 0 rings (SSSR count). The van der Waals surface area contributed by atoms with Crippen molar-refractivity contribution in [1.82, 2.24) is 0 Å². The van der Waals surface area contributed by atoms with Gasteiger partial charge in [-0.05, 0) is 26.6 Å². The second kappa shape index (κ2) is 5.14. The normalized spacial score (nSPS) is 13.2. The van der Waals surface area contributed by atoms with Gasteiger partial charge in [-0.1, -0.05) is 0 Å². The smallest absolute Gasteiger partial charge is 0.302 e. The summed E-state index contributed by atoms with van der Waals surface area (Å²) in [5, 5.41) is 0. The van der Waals surface area contributed by atoms with E-state index in [0.717, 1.165) is 0 Å². The third kappa shape index (κ3) is 7.79. The lowest BCUT2D eigenvalue weighted by atomic mass is 10.3. The third-order valence-electron chi connectivity index (χ3n) is 1.24. The van der Waals surface area contributed by atoms with E-state index in [9.17, 15) is 9.59 Å². The molecular formula is C9H18O4Si. The summed E-state index contributed by atoms with van der Waals surface area (Å²) in [5.41, 5.74) is 0. The lowest BCUT2D eigenvalue weighted by Crippen LogP contribution is -2.31. The summed E-state index contributed by atoms with van der Waals surface area (Å²) >= 11 is 0. The van der Waals surface area contributed by atoms with Crippen molar-refractivity contribution in [3.05, 3.63) is 0 Å². The number of ether oxygens (including phenoxy) is 1. The van der Waals surface area contributed by atoms with Crippen molar-refractivity contribution in [2.75, 3.05) is 0 Å². The Hall–Kier alpha value is -0.843. The minimum atomic E-state index is -1.82. The Labute approximate surface area is 85.7 Å². The first-order valence-electron chi connectivity index (χ1n) is 4.60. The molecule has 0 N–H and O–H groups in total. The van der Waals surface area contributed by atoms with Gasteiger partial charge in [0, 0.05) is 6.92 Å². The first-order chi connectivity index (χ1) is 6.20. The first-order valence-corrected chi connectivity index (χ1v) is 8.00. The maximum atomic E-state index is 11.3. The fourth-order valence-corrected chi connectivity index (χ4v) is 1.71. The molecule has 0 aliphatic rings. The van der Waals surface area contributed by atoms with Crippen LogP contribution in [0, 0.1) is 0 Å². The van der Waals surface area contributed by atoms with Crippen LogP contribution in [0.4, 0.5) is 0 Å². The first kappa shape index (κ1) is 13.2. The van der Waals surface area contributed by atoms with Gasteiger partial charge in [0.05, 0.1) is 6.42 Å². The van der Waals surface area contributed by atoms with E-state index in [2.05, 4.69) is 0 Å². The summed E-state index contributed by atoms with van der Waals surface area (Å²) in [6.45, 7) is 8.79. The van der Waals surface area contributed by atoms with Gasteiger partial charge in [-0.3, -0.25) is 9.59 Å². The summed E-state index contributed by atoms with van der Waals surface area (Å²) < 4.78 is 10.0. The molecular weight excluding hydrogens is 200 g/mol. The van der Waals surface area contributed by atoms with Gasteiger partial charge in [0.15, 0.2) is 0 Å². The molecule has 0 bridgehead atoms. The molecule has 0 aliphatic carbocycles. The Morgan fingerprint density at radius 3 is 2.14 bits per heavy atom. The molecule has 82 valence electrons. The number of esters is 1. The molecule has 1 atom stereocenters. The van der Waals surface area contributed by atoms with Gasteiger partial charge in [0.1, 0.15) is 6.10 Å². The SMILES string of the molecule is CC(=O)OC(C)CC(=O)O[Si](C)(C)C. The Morgan fingerprint density at radius 1 is 1.29 bits per heavy atom. The lowest BCUT2D eigenvalue weighted by Gasteiger charge is -2.19. The van der Waals surface area contributed by atoms with E-state index >= 15 is 0 Å². The van der Waals surface area contributed by atoms with Crippen LogP contribution in [0.15, 0.2) is 0 Å². The van der Waals surface area contributed by atoms with Crippen molar-refractivity contribution >= 4 is 20.3 Å². The van der Waals surface area contributed by atoms with Crippen molar-refractivity contribution in [3.63, 3.8) is 0 Å². The van der Waals surface area contributed by atoms with E-state index < -0.39 is 14.4 Å².